The summed E-state index contributed by atoms with van der Waals surface area (Å²) < 4.78 is 67.4. The number of rotatable bonds is 6. The van der Waals surface area contributed by atoms with Crippen molar-refractivity contribution in [2.24, 2.45) is 12.0 Å². The van der Waals surface area contributed by atoms with Gasteiger partial charge in [0.2, 0.25) is 0 Å². The van der Waals surface area contributed by atoms with Gasteiger partial charge in [-0.1, -0.05) is 32.4 Å². The van der Waals surface area contributed by atoms with E-state index in [9.17, 15) is 22.4 Å². The molecule has 1 amide bonds. The molecule has 188 valence electrons. The van der Waals surface area contributed by atoms with Crippen molar-refractivity contribution in [3.8, 4) is 5.75 Å². The Labute approximate surface area is 200 Å². The smallest absolute Gasteiger partial charge is 0.416 e. The van der Waals surface area contributed by atoms with E-state index in [1.54, 1.807) is 10.7 Å². The van der Waals surface area contributed by atoms with Crippen molar-refractivity contribution in [1.29, 1.82) is 0 Å². The predicted octanol–water partition coefficient (Wildman–Crippen LogP) is 5.06. The van der Waals surface area contributed by atoms with E-state index >= 15 is 0 Å². The topological polar surface area (TPSA) is 57.8 Å². The highest BCUT2D eigenvalue weighted by Gasteiger charge is 2.34. The average molecular weight is 506 g/mol. The van der Waals surface area contributed by atoms with Crippen LogP contribution in [0.3, 0.4) is 0 Å². The van der Waals surface area contributed by atoms with Crippen LogP contribution in [-0.2, 0) is 29.9 Å². The zero-order valence-corrected chi connectivity index (χ0v) is 20.3. The summed E-state index contributed by atoms with van der Waals surface area (Å²) >= 11 is 5.99. The lowest BCUT2D eigenvalue weighted by molar-refractivity contribution is -0.137. The number of benzene rings is 1. The maximum absolute atomic E-state index is 13.4. The van der Waals surface area contributed by atoms with E-state index in [0.29, 0.717) is 25.3 Å². The second-order valence-electron chi connectivity index (χ2n) is 9.17. The first-order chi connectivity index (χ1) is 15.8. The van der Waals surface area contributed by atoms with Gasteiger partial charge in [0.15, 0.2) is 11.2 Å². The molecule has 6 nitrogen and oxygen atoms in total. The molecule has 2 aromatic rings. The second kappa shape index (κ2) is 10.1. The highest BCUT2D eigenvalue weighted by molar-refractivity contribution is 6.32. The summed E-state index contributed by atoms with van der Waals surface area (Å²) in [5, 5.41) is -0.447. The summed E-state index contributed by atoms with van der Waals surface area (Å²) in [5.74, 6) is -1.31. The minimum atomic E-state index is -4.75. The summed E-state index contributed by atoms with van der Waals surface area (Å²) in [7, 11) is 1.83. The summed E-state index contributed by atoms with van der Waals surface area (Å²) in [6.07, 6.45) is -3.04. The molecule has 0 unspecified atom stereocenters. The average Bonchev–Trinajstić information content (AvgIpc) is 3.35. The molecule has 3 rings (SSSR count). The lowest BCUT2D eigenvalue weighted by Crippen LogP contribution is -2.30. The lowest BCUT2D eigenvalue weighted by atomic mass is 9.92. The van der Waals surface area contributed by atoms with Gasteiger partial charge in [-0.3, -0.25) is 14.2 Å². The van der Waals surface area contributed by atoms with E-state index in [1.807, 2.05) is 32.5 Å². The molecule has 11 heteroatoms. The van der Waals surface area contributed by atoms with Gasteiger partial charge in [-0.05, 0) is 25.0 Å². The van der Waals surface area contributed by atoms with Gasteiger partial charge in [-0.2, -0.15) is 18.2 Å². The summed E-state index contributed by atoms with van der Waals surface area (Å²) in [6, 6.07) is 3.00. The largest absolute Gasteiger partial charge is 0.488 e. The number of nitrogens with zero attached hydrogens (tertiary/aromatic N) is 3. The Hall–Kier alpha value is -2.33. The first-order valence-corrected chi connectivity index (χ1v) is 11.3. The Morgan fingerprint density at radius 2 is 1.97 bits per heavy atom. The van der Waals surface area contributed by atoms with Crippen molar-refractivity contribution in [1.82, 2.24) is 9.36 Å². The fourth-order valence-corrected chi connectivity index (χ4v) is 4.20. The molecule has 1 atom stereocenters. The summed E-state index contributed by atoms with van der Waals surface area (Å²) in [5.41, 5.74) is -0.776. The lowest BCUT2D eigenvalue weighted by Gasteiger charge is -2.21. The van der Waals surface area contributed by atoms with Crippen molar-refractivity contribution >= 4 is 17.5 Å². The monoisotopic (exact) mass is 505 g/mol. The molecule has 0 bridgehead atoms. The van der Waals surface area contributed by atoms with Gasteiger partial charge in [-0.15, -0.1) is 0 Å². The van der Waals surface area contributed by atoms with Crippen LogP contribution >= 0.6 is 11.6 Å². The van der Waals surface area contributed by atoms with E-state index in [4.69, 9.17) is 21.1 Å². The third kappa shape index (κ3) is 5.83. The van der Waals surface area contributed by atoms with Crippen LogP contribution in [-0.4, -0.2) is 41.3 Å². The van der Waals surface area contributed by atoms with Crippen molar-refractivity contribution in [3.05, 3.63) is 45.5 Å². The second-order valence-corrected chi connectivity index (χ2v) is 9.57. The number of alkyl halides is 4. The molecule has 1 aromatic carbocycles. The first kappa shape index (κ1) is 26.3. The molecule has 1 fully saturated rings. The molecule has 1 aliphatic heterocycles. The Balaban J connectivity index is 2.15. The highest BCUT2D eigenvalue weighted by Crippen LogP contribution is 2.38. The number of halogens is 5. The van der Waals surface area contributed by atoms with E-state index in [1.165, 1.54) is 0 Å². The molecule has 0 radical (unpaired) electrons. The fourth-order valence-electron chi connectivity index (χ4n) is 3.93. The maximum atomic E-state index is 13.4. The zero-order chi connectivity index (χ0) is 25.3. The van der Waals surface area contributed by atoms with Crippen molar-refractivity contribution < 1.29 is 31.8 Å². The molecule has 0 N–H and O–H groups in total. The predicted molar refractivity (Wildman–Crippen MR) is 119 cm³/mol. The molecule has 0 saturated carbocycles. The van der Waals surface area contributed by atoms with Crippen LogP contribution in [0.25, 0.3) is 0 Å². The molecule has 1 aromatic heterocycles. The first-order valence-electron chi connectivity index (χ1n) is 10.9. The van der Waals surface area contributed by atoms with Crippen LogP contribution in [0, 0.1) is 0 Å². The molecule has 2 heterocycles. The molecule has 1 saturated heterocycles. The van der Waals surface area contributed by atoms with Crippen molar-refractivity contribution in [3.63, 3.8) is 0 Å². The molecular formula is C23H28ClF4N3O3. The molecule has 0 spiro atoms. The van der Waals surface area contributed by atoms with E-state index < -0.39 is 41.5 Å². The van der Waals surface area contributed by atoms with Crippen LogP contribution in [0.5, 0.6) is 5.75 Å². The summed E-state index contributed by atoms with van der Waals surface area (Å²) in [6.45, 7) is 5.69. The molecule has 0 aliphatic carbocycles. The number of amides is 1. The van der Waals surface area contributed by atoms with Gasteiger partial charge >= 0.3 is 6.18 Å². The van der Waals surface area contributed by atoms with Crippen LogP contribution in [0.4, 0.5) is 17.6 Å². The fraction of sp³-hybridized carbons (Fsp3) is 0.565. The summed E-state index contributed by atoms with van der Waals surface area (Å²) in [4.78, 5) is 17.3. The number of carbonyl (C=O) groups excluding carboxylic acids is 1. The van der Waals surface area contributed by atoms with Gasteiger partial charge in [0.25, 0.3) is 5.91 Å². The van der Waals surface area contributed by atoms with Crippen LogP contribution in [0.1, 0.15) is 55.2 Å². The molecule has 34 heavy (non-hydrogen) atoms. The minimum absolute atomic E-state index is 0.0677. The molecular weight excluding hydrogens is 478 g/mol. The van der Waals surface area contributed by atoms with Crippen LogP contribution < -0.4 is 10.2 Å². The minimum Gasteiger partial charge on any atom is -0.488 e. The third-order valence-electron chi connectivity index (χ3n) is 5.55. The number of ether oxygens (including phenoxy) is 2. The quantitative estimate of drug-likeness (QED) is 0.515. The van der Waals surface area contributed by atoms with E-state index in [2.05, 4.69) is 4.99 Å². The number of aromatic nitrogens is 2. The Morgan fingerprint density at radius 1 is 1.26 bits per heavy atom. The standard InChI is InChI=1S/C23H28ClF4N3O3/c1-22(2,3)18-12-19(31(30(18)4)13-15-6-5-8-33-15)29-21(32)16-10-14(23(26,27)28)11-17(24)20(16)34-9-7-25/h10-12,15H,5-9,13H2,1-4H3/t15-/m1/s1. The van der Waals surface area contributed by atoms with E-state index in [0.717, 1.165) is 18.5 Å². The maximum Gasteiger partial charge on any atom is 0.416 e. The number of hydrogen-bond acceptors (Lipinski definition) is 3. The number of hydrogen-bond donors (Lipinski definition) is 0. The van der Waals surface area contributed by atoms with Gasteiger partial charge in [0.05, 0.1) is 28.8 Å². The highest BCUT2D eigenvalue weighted by atomic mass is 35.5. The van der Waals surface area contributed by atoms with Crippen LogP contribution in [0.2, 0.25) is 5.02 Å². The van der Waals surface area contributed by atoms with Crippen LogP contribution in [0.15, 0.2) is 23.2 Å². The molecule has 1 aliphatic rings. The van der Waals surface area contributed by atoms with Gasteiger partial charge in [-0.25, -0.2) is 4.39 Å². The normalized spacial score (nSPS) is 17.4. The zero-order valence-electron chi connectivity index (χ0n) is 19.5. The van der Waals surface area contributed by atoms with Gasteiger partial charge in [0, 0.05) is 30.8 Å². The Kier molecular flexibility index (Phi) is 7.82. The van der Waals surface area contributed by atoms with E-state index in [-0.39, 0.29) is 22.8 Å². The van der Waals surface area contributed by atoms with Gasteiger partial charge in [0.1, 0.15) is 13.3 Å². The van der Waals surface area contributed by atoms with Gasteiger partial charge < -0.3 is 9.47 Å². The SMILES string of the molecule is Cn1c(C(C)(C)C)cc(=NC(=O)c2cc(C(F)(F)F)cc(Cl)c2OCCF)n1C[C@H]1CCCO1. The third-order valence-corrected chi connectivity index (χ3v) is 5.83. The van der Waals surface area contributed by atoms with Crippen molar-refractivity contribution in [2.45, 2.75) is 57.9 Å². The number of carbonyl (C=O) groups is 1. The Bertz CT molecular complexity index is 1110. The Morgan fingerprint density at radius 3 is 2.53 bits per heavy atom. The van der Waals surface area contributed by atoms with Crippen molar-refractivity contribution in [2.75, 3.05) is 19.9 Å².